The molecule has 0 aromatic carbocycles. The highest BCUT2D eigenvalue weighted by Crippen LogP contribution is 2.26. The van der Waals surface area contributed by atoms with Crippen LogP contribution in [-0.2, 0) is 0 Å². The summed E-state index contributed by atoms with van der Waals surface area (Å²) < 4.78 is 0. The van der Waals surface area contributed by atoms with Gasteiger partial charge in [-0.05, 0) is 25.7 Å². The second-order valence-corrected chi connectivity index (χ2v) is 4.65. The zero-order chi connectivity index (χ0) is 10.0. The third-order valence-electron chi connectivity index (χ3n) is 3.05. The summed E-state index contributed by atoms with van der Waals surface area (Å²) >= 11 is 5.03. The highest BCUT2D eigenvalue weighted by atomic mass is 32.1. The Morgan fingerprint density at radius 3 is 2.77 bits per heavy atom. The second kappa shape index (κ2) is 4.38. The Hall–Kier alpha value is -0.150. The van der Waals surface area contributed by atoms with Crippen LogP contribution in [0.15, 0.2) is 0 Å². The predicted molar refractivity (Wildman–Crippen MR) is 60.8 cm³/mol. The molecule has 0 aromatic heterocycles. The molecule has 0 bridgehead atoms. The number of hydrogen-bond donors (Lipinski definition) is 1. The maximum absolute atomic E-state index is 5.67. The average molecular weight is 200 g/mol. The first kappa shape index (κ1) is 10.9. The van der Waals surface area contributed by atoms with Crippen molar-refractivity contribution >= 4 is 17.2 Å². The SMILES string of the molecule is CCC1CC(C)CN1C(C)C(N)=S. The number of rotatable bonds is 3. The van der Waals surface area contributed by atoms with E-state index in [0.717, 1.165) is 12.5 Å². The smallest absolute Gasteiger partial charge is 0.0899 e. The van der Waals surface area contributed by atoms with Crippen molar-refractivity contribution < 1.29 is 0 Å². The Balaban J connectivity index is 2.62. The molecule has 3 atom stereocenters. The van der Waals surface area contributed by atoms with Gasteiger partial charge in [-0.25, -0.2) is 0 Å². The zero-order valence-corrected chi connectivity index (χ0v) is 9.60. The van der Waals surface area contributed by atoms with Crippen LogP contribution in [0.1, 0.15) is 33.6 Å². The van der Waals surface area contributed by atoms with Crippen LogP contribution in [0.4, 0.5) is 0 Å². The Morgan fingerprint density at radius 2 is 2.31 bits per heavy atom. The zero-order valence-electron chi connectivity index (χ0n) is 8.79. The van der Waals surface area contributed by atoms with E-state index >= 15 is 0 Å². The molecule has 1 rings (SSSR count). The molecule has 2 nitrogen and oxygen atoms in total. The summed E-state index contributed by atoms with van der Waals surface area (Å²) in [6.45, 7) is 7.80. The number of nitrogens with two attached hydrogens (primary N) is 1. The molecule has 3 heteroatoms. The lowest BCUT2D eigenvalue weighted by Gasteiger charge is -2.29. The number of likely N-dealkylation sites (tertiary alicyclic amines) is 1. The lowest BCUT2D eigenvalue weighted by Crippen LogP contribution is -2.44. The van der Waals surface area contributed by atoms with Gasteiger partial charge in [-0.2, -0.15) is 0 Å². The topological polar surface area (TPSA) is 29.3 Å². The summed E-state index contributed by atoms with van der Waals surface area (Å²) in [5.74, 6) is 0.793. The van der Waals surface area contributed by atoms with Gasteiger partial charge in [0.25, 0.3) is 0 Å². The fourth-order valence-electron chi connectivity index (χ4n) is 2.22. The van der Waals surface area contributed by atoms with Gasteiger partial charge in [-0.15, -0.1) is 0 Å². The van der Waals surface area contributed by atoms with Gasteiger partial charge in [-0.3, -0.25) is 4.90 Å². The van der Waals surface area contributed by atoms with Crippen molar-refractivity contribution in [1.29, 1.82) is 0 Å². The van der Waals surface area contributed by atoms with Crippen LogP contribution in [-0.4, -0.2) is 28.5 Å². The van der Waals surface area contributed by atoms with Gasteiger partial charge in [0.15, 0.2) is 0 Å². The Labute approximate surface area is 86.5 Å². The molecule has 0 aromatic rings. The molecule has 0 amide bonds. The van der Waals surface area contributed by atoms with Crippen molar-refractivity contribution in [3.8, 4) is 0 Å². The molecule has 1 heterocycles. The molecule has 0 aliphatic carbocycles. The minimum atomic E-state index is 0.268. The third-order valence-corrected chi connectivity index (χ3v) is 3.39. The van der Waals surface area contributed by atoms with Crippen LogP contribution in [0.25, 0.3) is 0 Å². The van der Waals surface area contributed by atoms with E-state index in [4.69, 9.17) is 18.0 Å². The third kappa shape index (κ3) is 2.41. The summed E-state index contributed by atoms with van der Waals surface area (Å²) in [5, 5.41) is 0. The highest BCUT2D eigenvalue weighted by Gasteiger charge is 2.32. The molecule has 1 aliphatic heterocycles. The fraction of sp³-hybridized carbons (Fsp3) is 0.900. The summed E-state index contributed by atoms with van der Waals surface area (Å²) in [4.78, 5) is 3.08. The minimum Gasteiger partial charge on any atom is -0.392 e. The van der Waals surface area contributed by atoms with E-state index in [-0.39, 0.29) is 6.04 Å². The predicted octanol–water partition coefficient (Wildman–Crippen LogP) is 1.78. The van der Waals surface area contributed by atoms with Crippen LogP contribution in [0.3, 0.4) is 0 Å². The van der Waals surface area contributed by atoms with Crippen molar-refractivity contribution in [2.75, 3.05) is 6.54 Å². The largest absolute Gasteiger partial charge is 0.392 e. The Bertz CT molecular complexity index is 193. The standard InChI is InChI=1S/C10H20N2S/c1-4-9-5-7(2)6-12(9)8(3)10(11)13/h7-9H,4-6H2,1-3H3,(H2,11,13). The van der Waals surface area contributed by atoms with Crippen molar-refractivity contribution in [2.45, 2.75) is 45.7 Å². The Morgan fingerprint density at radius 1 is 1.69 bits per heavy atom. The molecule has 13 heavy (non-hydrogen) atoms. The first-order chi connectivity index (χ1) is 6.06. The van der Waals surface area contributed by atoms with Crippen LogP contribution in [0.5, 0.6) is 0 Å². The van der Waals surface area contributed by atoms with Gasteiger partial charge in [0.1, 0.15) is 0 Å². The van der Waals surface area contributed by atoms with E-state index in [9.17, 15) is 0 Å². The maximum atomic E-state index is 5.67. The van der Waals surface area contributed by atoms with E-state index in [2.05, 4.69) is 25.7 Å². The molecule has 1 fully saturated rings. The first-order valence-electron chi connectivity index (χ1n) is 5.11. The molecule has 0 saturated carbocycles. The highest BCUT2D eigenvalue weighted by molar-refractivity contribution is 7.80. The molecule has 76 valence electrons. The van der Waals surface area contributed by atoms with E-state index in [1.807, 2.05) is 0 Å². The second-order valence-electron chi connectivity index (χ2n) is 4.18. The molecule has 0 radical (unpaired) electrons. The number of nitrogens with zero attached hydrogens (tertiary/aromatic N) is 1. The summed E-state index contributed by atoms with van der Waals surface area (Å²) in [7, 11) is 0. The lowest BCUT2D eigenvalue weighted by molar-refractivity contribution is 0.227. The first-order valence-corrected chi connectivity index (χ1v) is 5.52. The van der Waals surface area contributed by atoms with Gasteiger partial charge in [0, 0.05) is 12.6 Å². The quantitative estimate of drug-likeness (QED) is 0.704. The fourth-order valence-corrected chi connectivity index (χ4v) is 2.36. The van der Waals surface area contributed by atoms with Gasteiger partial charge in [0.2, 0.25) is 0 Å². The average Bonchev–Trinajstić information content (AvgIpc) is 2.45. The molecule has 0 spiro atoms. The van der Waals surface area contributed by atoms with Gasteiger partial charge < -0.3 is 5.73 Å². The van der Waals surface area contributed by atoms with E-state index < -0.39 is 0 Å². The minimum absolute atomic E-state index is 0.268. The monoisotopic (exact) mass is 200 g/mol. The number of thiocarbonyl (C=S) groups is 1. The molecule has 3 unspecified atom stereocenters. The van der Waals surface area contributed by atoms with Gasteiger partial charge in [-0.1, -0.05) is 26.1 Å². The van der Waals surface area contributed by atoms with Gasteiger partial charge in [0.05, 0.1) is 11.0 Å². The van der Waals surface area contributed by atoms with Crippen LogP contribution < -0.4 is 5.73 Å². The number of hydrogen-bond acceptors (Lipinski definition) is 2. The van der Waals surface area contributed by atoms with Crippen molar-refractivity contribution in [1.82, 2.24) is 4.90 Å². The molecular weight excluding hydrogens is 180 g/mol. The van der Waals surface area contributed by atoms with E-state index in [0.29, 0.717) is 11.0 Å². The Kier molecular flexibility index (Phi) is 3.68. The van der Waals surface area contributed by atoms with E-state index in [1.54, 1.807) is 0 Å². The normalized spacial score (nSPS) is 31.9. The summed E-state index contributed by atoms with van der Waals surface area (Å²) in [5.41, 5.74) is 5.67. The van der Waals surface area contributed by atoms with Crippen LogP contribution in [0, 0.1) is 5.92 Å². The molecule has 1 saturated heterocycles. The van der Waals surface area contributed by atoms with Gasteiger partial charge >= 0.3 is 0 Å². The van der Waals surface area contributed by atoms with Crippen LogP contribution >= 0.6 is 12.2 Å². The van der Waals surface area contributed by atoms with Crippen molar-refractivity contribution in [2.24, 2.45) is 11.7 Å². The maximum Gasteiger partial charge on any atom is 0.0899 e. The molecule has 2 N–H and O–H groups in total. The molecule has 1 aliphatic rings. The summed E-state index contributed by atoms with van der Waals surface area (Å²) in [6.07, 6.45) is 2.50. The van der Waals surface area contributed by atoms with Crippen molar-refractivity contribution in [3.05, 3.63) is 0 Å². The van der Waals surface area contributed by atoms with Crippen molar-refractivity contribution in [3.63, 3.8) is 0 Å². The lowest BCUT2D eigenvalue weighted by atomic mass is 10.1. The summed E-state index contributed by atoms with van der Waals surface area (Å²) in [6, 6.07) is 0.955. The van der Waals surface area contributed by atoms with E-state index in [1.165, 1.54) is 12.8 Å². The molecular formula is C10H20N2S. The van der Waals surface area contributed by atoms with Crippen LogP contribution in [0.2, 0.25) is 0 Å².